The van der Waals surface area contributed by atoms with Gasteiger partial charge in [0.15, 0.2) is 11.5 Å². The number of fused-ring (bicyclic) bond motifs is 1. The van der Waals surface area contributed by atoms with Crippen molar-refractivity contribution < 1.29 is 19.0 Å². The number of rotatable bonds is 5. The molecule has 0 aromatic heterocycles. The molecule has 0 spiro atoms. The van der Waals surface area contributed by atoms with E-state index >= 15 is 0 Å². The maximum absolute atomic E-state index is 12.4. The van der Waals surface area contributed by atoms with Crippen LogP contribution in [0.25, 0.3) is 6.08 Å². The fraction of sp³-hybridized carbons (Fsp3) is 0.375. The van der Waals surface area contributed by atoms with Crippen LogP contribution in [-0.2, 0) is 4.79 Å². The molecule has 1 amide bonds. The highest BCUT2D eigenvalue weighted by molar-refractivity contribution is 6.02. The molecule has 0 radical (unpaired) electrons. The van der Waals surface area contributed by atoms with E-state index in [2.05, 4.69) is 29.3 Å². The molecule has 0 saturated carbocycles. The van der Waals surface area contributed by atoms with Crippen molar-refractivity contribution in [2.75, 3.05) is 43.6 Å². The van der Waals surface area contributed by atoms with E-state index in [0.717, 1.165) is 30.3 Å². The lowest BCUT2D eigenvalue weighted by Crippen LogP contribution is -2.32. The van der Waals surface area contributed by atoms with Gasteiger partial charge in [-0.05, 0) is 66.8 Å². The third kappa shape index (κ3) is 4.70. The van der Waals surface area contributed by atoms with E-state index in [-0.39, 0.29) is 5.91 Å². The number of ether oxygens (including phenoxy) is 3. The van der Waals surface area contributed by atoms with Gasteiger partial charge < -0.3 is 24.4 Å². The number of nitrogens with one attached hydrogen (secondary N) is 1. The minimum atomic E-state index is -0.191. The van der Waals surface area contributed by atoms with Crippen LogP contribution in [0.5, 0.6) is 17.2 Å². The van der Waals surface area contributed by atoms with Gasteiger partial charge in [-0.1, -0.05) is 6.92 Å². The second-order valence-electron chi connectivity index (χ2n) is 7.79. The Hall–Kier alpha value is -3.15. The summed E-state index contributed by atoms with van der Waals surface area (Å²) in [7, 11) is 1.59. The Bertz CT molecular complexity index is 898. The quantitative estimate of drug-likeness (QED) is 0.745. The van der Waals surface area contributed by atoms with Gasteiger partial charge in [0, 0.05) is 30.5 Å². The lowest BCUT2D eigenvalue weighted by Gasteiger charge is -2.32. The zero-order chi connectivity index (χ0) is 20.9. The Morgan fingerprint density at radius 3 is 2.60 bits per heavy atom. The summed E-state index contributed by atoms with van der Waals surface area (Å²) in [4.78, 5) is 14.8. The van der Waals surface area contributed by atoms with Gasteiger partial charge in [0.05, 0.1) is 7.11 Å². The number of nitrogens with zero attached hydrogens (tertiary/aromatic N) is 1. The van der Waals surface area contributed by atoms with Crippen LogP contribution in [0.1, 0.15) is 25.3 Å². The first kappa shape index (κ1) is 20.1. The Kier molecular flexibility index (Phi) is 6.12. The molecule has 2 aliphatic rings. The van der Waals surface area contributed by atoms with Crippen molar-refractivity contribution in [1.82, 2.24) is 0 Å². The summed E-state index contributed by atoms with van der Waals surface area (Å²) in [5.74, 6) is 2.44. The molecule has 2 aromatic rings. The molecule has 0 atom stereocenters. The van der Waals surface area contributed by atoms with Crippen molar-refractivity contribution in [2.24, 2.45) is 5.92 Å². The molecule has 4 rings (SSSR count). The zero-order valence-corrected chi connectivity index (χ0v) is 17.5. The monoisotopic (exact) mass is 408 g/mol. The van der Waals surface area contributed by atoms with Crippen molar-refractivity contribution in [3.63, 3.8) is 0 Å². The molecule has 1 saturated heterocycles. The summed E-state index contributed by atoms with van der Waals surface area (Å²) >= 11 is 0. The number of piperidine rings is 1. The van der Waals surface area contributed by atoms with Crippen LogP contribution in [0.3, 0.4) is 0 Å². The Morgan fingerprint density at radius 1 is 1.13 bits per heavy atom. The van der Waals surface area contributed by atoms with Crippen molar-refractivity contribution in [2.45, 2.75) is 19.8 Å². The average molecular weight is 408 g/mol. The van der Waals surface area contributed by atoms with E-state index in [9.17, 15) is 4.79 Å². The number of hydrogen-bond donors (Lipinski definition) is 1. The maximum atomic E-state index is 12.4. The van der Waals surface area contributed by atoms with Crippen molar-refractivity contribution in [3.8, 4) is 17.2 Å². The zero-order valence-electron chi connectivity index (χ0n) is 17.5. The van der Waals surface area contributed by atoms with Crippen LogP contribution in [0.4, 0.5) is 11.4 Å². The van der Waals surface area contributed by atoms with Crippen LogP contribution in [0.15, 0.2) is 42.5 Å². The van der Waals surface area contributed by atoms with Crippen LogP contribution in [0, 0.1) is 5.92 Å². The van der Waals surface area contributed by atoms with Gasteiger partial charge in [-0.25, -0.2) is 0 Å². The van der Waals surface area contributed by atoms with Gasteiger partial charge >= 0.3 is 0 Å². The molecule has 2 heterocycles. The average Bonchev–Trinajstić information content (AvgIpc) is 2.78. The first-order valence-electron chi connectivity index (χ1n) is 10.4. The number of benzene rings is 2. The van der Waals surface area contributed by atoms with E-state index in [0.29, 0.717) is 30.5 Å². The molecule has 158 valence electrons. The summed E-state index contributed by atoms with van der Waals surface area (Å²) in [6.45, 7) is 5.49. The molecule has 1 N–H and O–H groups in total. The van der Waals surface area contributed by atoms with Gasteiger partial charge in [0.25, 0.3) is 0 Å². The summed E-state index contributed by atoms with van der Waals surface area (Å²) in [6, 6.07) is 11.7. The summed E-state index contributed by atoms with van der Waals surface area (Å²) in [5.41, 5.74) is 2.79. The van der Waals surface area contributed by atoms with E-state index < -0.39 is 0 Å². The fourth-order valence-corrected chi connectivity index (χ4v) is 3.77. The largest absolute Gasteiger partial charge is 0.493 e. The molecule has 2 aromatic carbocycles. The molecular weight excluding hydrogens is 380 g/mol. The van der Waals surface area contributed by atoms with Gasteiger partial charge in [0.1, 0.15) is 13.2 Å². The Morgan fingerprint density at radius 2 is 1.87 bits per heavy atom. The van der Waals surface area contributed by atoms with E-state index in [1.54, 1.807) is 13.2 Å². The van der Waals surface area contributed by atoms with Gasteiger partial charge in [-0.3, -0.25) is 4.79 Å². The van der Waals surface area contributed by atoms with Crippen molar-refractivity contribution >= 4 is 23.4 Å². The number of carbonyl (C=O) groups is 1. The predicted molar refractivity (Wildman–Crippen MR) is 119 cm³/mol. The molecule has 0 aliphatic carbocycles. The number of hydrogen-bond acceptors (Lipinski definition) is 5. The van der Waals surface area contributed by atoms with Crippen LogP contribution in [0.2, 0.25) is 0 Å². The minimum absolute atomic E-state index is 0.191. The van der Waals surface area contributed by atoms with E-state index in [1.807, 2.05) is 24.3 Å². The topological polar surface area (TPSA) is 60.0 Å². The smallest absolute Gasteiger partial charge is 0.248 e. The molecule has 1 fully saturated rings. The molecule has 6 nitrogen and oxygen atoms in total. The first-order chi connectivity index (χ1) is 14.6. The number of methoxy groups -OCH3 is 1. The normalized spacial score (nSPS) is 16.5. The number of anilines is 2. The first-order valence-corrected chi connectivity index (χ1v) is 10.4. The van der Waals surface area contributed by atoms with Crippen LogP contribution in [-0.4, -0.2) is 39.3 Å². The third-order valence-corrected chi connectivity index (χ3v) is 5.56. The summed E-state index contributed by atoms with van der Waals surface area (Å²) in [6.07, 6.45) is 5.70. The molecular formula is C24H28N2O4. The lowest BCUT2D eigenvalue weighted by molar-refractivity contribution is -0.111. The summed E-state index contributed by atoms with van der Waals surface area (Å²) < 4.78 is 16.6. The maximum Gasteiger partial charge on any atom is 0.248 e. The fourth-order valence-electron chi connectivity index (χ4n) is 3.77. The second-order valence-corrected chi connectivity index (χ2v) is 7.79. The highest BCUT2D eigenvalue weighted by Gasteiger charge is 2.18. The number of carbonyl (C=O) groups excluding carboxylic acids is 1. The third-order valence-electron chi connectivity index (χ3n) is 5.56. The molecule has 30 heavy (non-hydrogen) atoms. The second kappa shape index (κ2) is 9.11. The van der Waals surface area contributed by atoms with Crippen LogP contribution < -0.4 is 24.4 Å². The Balaban J connectivity index is 1.38. The van der Waals surface area contributed by atoms with Crippen molar-refractivity contribution in [1.29, 1.82) is 0 Å². The van der Waals surface area contributed by atoms with Gasteiger partial charge in [-0.2, -0.15) is 0 Å². The highest BCUT2D eigenvalue weighted by atomic mass is 16.6. The van der Waals surface area contributed by atoms with Gasteiger partial charge in [0.2, 0.25) is 11.7 Å². The highest BCUT2D eigenvalue weighted by Crippen LogP contribution is 2.40. The van der Waals surface area contributed by atoms with E-state index in [4.69, 9.17) is 14.2 Å². The van der Waals surface area contributed by atoms with Crippen LogP contribution >= 0.6 is 0 Å². The molecule has 6 heteroatoms. The van der Waals surface area contributed by atoms with E-state index in [1.165, 1.54) is 24.6 Å². The SMILES string of the molecule is COc1cc(/C=C/C(=O)Nc2ccc(N3CCC(C)CC3)cc2)cc2c1OCCO2. The molecule has 0 unspecified atom stereocenters. The predicted octanol–water partition coefficient (Wildman–Crippen LogP) is 4.35. The molecule has 0 bridgehead atoms. The number of amides is 1. The van der Waals surface area contributed by atoms with Gasteiger partial charge in [-0.15, -0.1) is 0 Å². The van der Waals surface area contributed by atoms with Crippen molar-refractivity contribution in [3.05, 3.63) is 48.0 Å². The summed E-state index contributed by atoms with van der Waals surface area (Å²) in [5, 5.41) is 2.91. The standard InChI is InChI=1S/C24H28N2O4/c1-17-9-11-26(12-10-17)20-6-4-19(5-7-20)25-23(27)8-3-18-15-21(28-2)24-22(16-18)29-13-14-30-24/h3-8,15-17H,9-14H2,1-2H3,(H,25,27)/b8-3+. The Labute approximate surface area is 177 Å². The lowest BCUT2D eigenvalue weighted by atomic mass is 9.99. The minimum Gasteiger partial charge on any atom is -0.493 e. The molecule has 2 aliphatic heterocycles.